The van der Waals surface area contributed by atoms with Crippen LogP contribution in [0.1, 0.15) is 42.0 Å². The number of nitrogens with zero attached hydrogens (tertiary/aromatic N) is 5. The molecular formula is C21H22N6O2. The van der Waals surface area contributed by atoms with Gasteiger partial charge in [-0.15, -0.1) is 10.2 Å². The maximum absolute atomic E-state index is 12.5. The van der Waals surface area contributed by atoms with Crippen molar-refractivity contribution >= 4 is 17.5 Å². The van der Waals surface area contributed by atoms with Crippen LogP contribution in [0.3, 0.4) is 0 Å². The molecule has 0 unspecified atom stereocenters. The van der Waals surface area contributed by atoms with E-state index in [1.165, 1.54) is 12.8 Å². The first kappa shape index (κ1) is 17.7. The monoisotopic (exact) mass is 390 g/mol. The number of anilines is 2. The molecule has 8 heteroatoms. The first-order valence-corrected chi connectivity index (χ1v) is 9.87. The fraction of sp³-hybridized carbons (Fsp3) is 0.333. The van der Waals surface area contributed by atoms with Crippen molar-refractivity contribution < 1.29 is 9.90 Å². The van der Waals surface area contributed by atoms with Gasteiger partial charge < -0.3 is 15.3 Å². The van der Waals surface area contributed by atoms with E-state index in [-0.39, 0.29) is 17.6 Å². The van der Waals surface area contributed by atoms with Crippen LogP contribution in [0, 0.1) is 6.92 Å². The molecule has 148 valence electrons. The van der Waals surface area contributed by atoms with E-state index in [0.29, 0.717) is 18.1 Å². The first-order chi connectivity index (χ1) is 14.1. The number of rotatable bonds is 3. The third-order valence-corrected chi connectivity index (χ3v) is 5.68. The molecule has 1 aromatic carbocycles. The van der Waals surface area contributed by atoms with Gasteiger partial charge in [-0.2, -0.15) is 9.78 Å². The number of aromatic nitrogens is 4. The van der Waals surface area contributed by atoms with Crippen molar-refractivity contribution in [1.29, 1.82) is 0 Å². The highest BCUT2D eigenvalue weighted by molar-refractivity contribution is 5.95. The number of hydrogen-bond acceptors (Lipinski definition) is 6. The SMILES string of the molecule is Cc1nn(-c2ccc(N3CCCC3)nn2)c2c1[C@H](c1ccc(O)cc1)CC(=O)N2. The van der Waals surface area contributed by atoms with Gasteiger partial charge in [0.25, 0.3) is 0 Å². The molecule has 0 radical (unpaired) electrons. The van der Waals surface area contributed by atoms with Gasteiger partial charge in [-0.1, -0.05) is 12.1 Å². The summed E-state index contributed by atoms with van der Waals surface area (Å²) < 4.78 is 1.66. The van der Waals surface area contributed by atoms with E-state index < -0.39 is 0 Å². The number of fused-ring (bicyclic) bond motifs is 1. The van der Waals surface area contributed by atoms with Crippen LogP contribution in [-0.2, 0) is 4.79 Å². The maximum Gasteiger partial charge on any atom is 0.226 e. The van der Waals surface area contributed by atoms with Crippen molar-refractivity contribution in [3.8, 4) is 11.6 Å². The van der Waals surface area contributed by atoms with Gasteiger partial charge >= 0.3 is 0 Å². The average molecular weight is 390 g/mol. The molecule has 2 aliphatic heterocycles. The van der Waals surface area contributed by atoms with E-state index >= 15 is 0 Å². The lowest BCUT2D eigenvalue weighted by atomic mass is 9.86. The lowest BCUT2D eigenvalue weighted by molar-refractivity contribution is -0.116. The van der Waals surface area contributed by atoms with Gasteiger partial charge in [-0.25, -0.2) is 0 Å². The van der Waals surface area contributed by atoms with Gasteiger partial charge in [0.1, 0.15) is 11.6 Å². The minimum absolute atomic E-state index is 0.0710. The minimum atomic E-state index is -0.120. The number of phenols is 1. The Morgan fingerprint density at radius 2 is 1.72 bits per heavy atom. The number of phenolic OH excluding ortho intramolecular Hbond substituents is 1. The zero-order valence-corrected chi connectivity index (χ0v) is 16.2. The average Bonchev–Trinajstić information content (AvgIpc) is 3.37. The van der Waals surface area contributed by atoms with E-state index in [1.807, 2.05) is 31.2 Å². The summed E-state index contributed by atoms with van der Waals surface area (Å²) in [6, 6.07) is 10.8. The Bertz CT molecular complexity index is 1050. The summed E-state index contributed by atoms with van der Waals surface area (Å²) in [5.74, 6) is 2.09. The summed E-state index contributed by atoms with van der Waals surface area (Å²) >= 11 is 0. The van der Waals surface area contributed by atoms with Gasteiger partial charge in [-0.05, 0) is 49.6 Å². The Labute approximate surface area is 168 Å². The van der Waals surface area contributed by atoms with Crippen LogP contribution >= 0.6 is 0 Å². The summed E-state index contributed by atoms with van der Waals surface area (Å²) in [5.41, 5.74) is 2.78. The van der Waals surface area contributed by atoms with E-state index in [9.17, 15) is 9.90 Å². The van der Waals surface area contributed by atoms with Gasteiger partial charge in [0.05, 0.1) is 5.69 Å². The summed E-state index contributed by atoms with van der Waals surface area (Å²) in [6.07, 6.45) is 2.70. The summed E-state index contributed by atoms with van der Waals surface area (Å²) in [4.78, 5) is 14.7. The number of carbonyl (C=O) groups excluding carboxylic acids is 1. The molecule has 5 rings (SSSR count). The summed E-state index contributed by atoms with van der Waals surface area (Å²) in [5, 5.41) is 26.0. The van der Waals surface area contributed by atoms with Crippen LogP contribution in [0.2, 0.25) is 0 Å². The molecule has 0 bridgehead atoms. The van der Waals surface area contributed by atoms with Crippen LogP contribution in [0.4, 0.5) is 11.6 Å². The largest absolute Gasteiger partial charge is 0.508 e. The van der Waals surface area contributed by atoms with Crippen molar-refractivity contribution in [2.45, 2.75) is 32.1 Å². The maximum atomic E-state index is 12.5. The molecular weight excluding hydrogens is 368 g/mol. The van der Waals surface area contributed by atoms with Crippen LogP contribution in [0.15, 0.2) is 36.4 Å². The van der Waals surface area contributed by atoms with Gasteiger partial charge in [0.15, 0.2) is 11.6 Å². The lowest BCUT2D eigenvalue weighted by Crippen LogP contribution is -2.25. The molecule has 1 fully saturated rings. The molecule has 1 amide bonds. The number of aryl methyl sites for hydroxylation is 1. The highest BCUT2D eigenvalue weighted by Gasteiger charge is 2.33. The standard InChI is InChI=1S/C21H22N6O2/c1-13-20-16(14-4-6-15(28)7-5-14)12-19(29)22-21(20)27(25-13)18-9-8-17(23-24-18)26-10-2-3-11-26/h4-9,16,28H,2-3,10-12H2,1H3,(H,22,29)/t16-/m0/s1. The van der Waals surface area contributed by atoms with E-state index in [2.05, 4.69) is 25.5 Å². The number of nitrogens with one attached hydrogen (secondary N) is 1. The molecule has 29 heavy (non-hydrogen) atoms. The summed E-state index contributed by atoms with van der Waals surface area (Å²) in [7, 11) is 0. The Morgan fingerprint density at radius 1 is 1.03 bits per heavy atom. The number of amides is 1. The first-order valence-electron chi connectivity index (χ1n) is 9.87. The zero-order valence-electron chi connectivity index (χ0n) is 16.2. The van der Waals surface area contributed by atoms with E-state index in [1.54, 1.807) is 16.8 Å². The second kappa shape index (κ2) is 6.88. The van der Waals surface area contributed by atoms with Crippen molar-refractivity contribution in [3.05, 3.63) is 53.2 Å². The molecule has 3 aromatic rings. The molecule has 0 spiro atoms. The predicted molar refractivity (Wildman–Crippen MR) is 109 cm³/mol. The van der Waals surface area contributed by atoms with Crippen LogP contribution in [-0.4, -0.2) is 44.1 Å². The van der Waals surface area contributed by atoms with Crippen molar-refractivity contribution in [2.24, 2.45) is 0 Å². The Morgan fingerprint density at radius 3 is 2.41 bits per heavy atom. The van der Waals surface area contributed by atoms with E-state index in [0.717, 1.165) is 35.7 Å². The molecule has 1 atom stereocenters. The molecule has 0 saturated carbocycles. The molecule has 2 aromatic heterocycles. The topological polar surface area (TPSA) is 96.2 Å². The third kappa shape index (κ3) is 3.10. The molecule has 0 aliphatic carbocycles. The Hall–Kier alpha value is -3.42. The van der Waals surface area contributed by atoms with E-state index in [4.69, 9.17) is 0 Å². The predicted octanol–water partition coefficient (Wildman–Crippen LogP) is 2.75. The normalized spacial score (nSPS) is 18.6. The highest BCUT2D eigenvalue weighted by Crippen LogP contribution is 2.40. The lowest BCUT2D eigenvalue weighted by Gasteiger charge is -2.24. The smallest absolute Gasteiger partial charge is 0.226 e. The molecule has 2 N–H and O–H groups in total. The van der Waals surface area contributed by atoms with Crippen molar-refractivity contribution in [1.82, 2.24) is 20.0 Å². The van der Waals surface area contributed by atoms with Crippen molar-refractivity contribution in [3.63, 3.8) is 0 Å². The number of carbonyl (C=O) groups is 1. The van der Waals surface area contributed by atoms with Crippen molar-refractivity contribution in [2.75, 3.05) is 23.3 Å². The molecule has 2 aliphatic rings. The van der Waals surface area contributed by atoms with Gasteiger partial charge in [0, 0.05) is 31.0 Å². The van der Waals surface area contributed by atoms with Crippen LogP contribution < -0.4 is 10.2 Å². The Balaban J connectivity index is 1.54. The Kier molecular flexibility index (Phi) is 4.19. The second-order valence-electron chi connectivity index (χ2n) is 7.60. The summed E-state index contributed by atoms with van der Waals surface area (Å²) in [6.45, 7) is 3.95. The second-order valence-corrected chi connectivity index (χ2v) is 7.60. The number of aromatic hydroxyl groups is 1. The fourth-order valence-corrected chi connectivity index (χ4v) is 4.25. The van der Waals surface area contributed by atoms with Gasteiger partial charge in [-0.3, -0.25) is 4.79 Å². The quantitative estimate of drug-likeness (QED) is 0.714. The highest BCUT2D eigenvalue weighted by atomic mass is 16.3. The van der Waals surface area contributed by atoms with Crippen LogP contribution in [0.5, 0.6) is 5.75 Å². The number of benzene rings is 1. The number of hydrogen-bond donors (Lipinski definition) is 2. The van der Waals surface area contributed by atoms with Crippen LogP contribution in [0.25, 0.3) is 5.82 Å². The third-order valence-electron chi connectivity index (χ3n) is 5.68. The molecule has 1 saturated heterocycles. The zero-order chi connectivity index (χ0) is 20.0. The minimum Gasteiger partial charge on any atom is -0.508 e. The van der Waals surface area contributed by atoms with Gasteiger partial charge in [0.2, 0.25) is 5.91 Å². The fourth-order valence-electron chi connectivity index (χ4n) is 4.25. The molecule has 8 nitrogen and oxygen atoms in total. The molecule has 4 heterocycles.